The molecule has 12 heteroatoms. The number of alkyl carbamates (subject to hydrolysis) is 1. The van der Waals surface area contributed by atoms with Gasteiger partial charge in [0.25, 0.3) is 5.91 Å². The highest BCUT2D eigenvalue weighted by molar-refractivity contribution is 6.38. The van der Waals surface area contributed by atoms with Gasteiger partial charge in [-0.1, -0.05) is 27.2 Å². The minimum Gasteiger partial charge on any atom is -0.453 e. The van der Waals surface area contributed by atoms with Crippen LogP contribution < -0.4 is 16.0 Å². The van der Waals surface area contributed by atoms with Gasteiger partial charge in [-0.05, 0) is 56.3 Å². The second-order valence-corrected chi connectivity index (χ2v) is 12.0. The van der Waals surface area contributed by atoms with Crippen LogP contribution in [0, 0.1) is 17.3 Å². The molecule has 3 aliphatic rings. The number of hydrogen-bond acceptors (Lipinski definition) is 6. The third-order valence-corrected chi connectivity index (χ3v) is 7.64. The van der Waals surface area contributed by atoms with Crippen molar-refractivity contribution in [2.45, 2.75) is 103 Å². The van der Waals surface area contributed by atoms with Gasteiger partial charge in [0.2, 0.25) is 23.5 Å². The molecule has 3 fully saturated rings. The topological polar surface area (TPSA) is 134 Å². The summed E-state index contributed by atoms with van der Waals surface area (Å²) in [5, 5.41) is 7.66. The zero-order valence-electron chi connectivity index (χ0n) is 22.8. The van der Waals surface area contributed by atoms with Crippen LogP contribution in [0.2, 0.25) is 0 Å². The summed E-state index contributed by atoms with van der Waals surface area (Å²) in [6.45, 7) is 6.33. The molecule has 0 aromatic carbocycles. The van der Waals surface area contributed by atoms with Crippen LogP contribution in [-0.4, -0.2) is 78.2 Å². The Morgan fingerprint density at radius 2 is 1.66 bits per heavy atom. The second kappa shape index (κ2) is 11.5. The van der Waals surface area contributed by atoms with Gasteiger partial charge in [0, 0.05) is 19.0 Å². The molecule has 1 heterocycles. The van der Waals surface area contributed by atoms with E-state index in [2.05, 4.69) is 20.7 Å². The predicted molar refractivity (Wildman–Crippen MR) is 133 cm³/mol. The van der Waals surface area contributed by atoms with Gasteiger partial charge in [-0.25, -0.2) is 13.6 Å². The summed E-state index contributed by atoms with van der Waals surface area (Å²) in [6, 6.07) is -3.52. The van der Waals surface area contributed by atoms with Crippen molar-refractivity contribution in [1.29, 1.82) is 0 Å². The molecule has 2 saturated carbocycles. The number of halogens is 2. The van der Waals surface area contributed by atoms with E-state index < -0.39 is 71.9 Å². The lowest BCUT2D eigenvalue weighted by atomic mass is 9.85. The summed E-state index contributed by atoms with van der Waals surface area (Å²) in [4.78, 5) is 66.2. The lowest BCUT2D eigenvalue weighted by Gasteiger charge is -2.36. The number of fused-ring (bicyclic) bond motifs is 1. The maximum absolute atomic E-state index is 13.7. The molecule has 0 spiro atoms. The van der Waals surface area contributed by atoms with Crippen molar-refractivity contribution in [1.82, 2.24) is 20.9 Å². The number of methoxy groups -OCH3 is 1. The van der Waals surface area contributed by atoms with E-state index in [4.69, 9.17) is 0 Å². The van der Waals surface area contributed by atoms with Crippen LogP contribution in [0.3, 0.4) is 0 Å². The molecule has 1 saturated heterocycles. The van der Waals surface area contributed by atoms with E-state index >= 15 is 0 Å². The molecular formula is C26H40F2N4O6. The summed E-state index contributed by atoms with van der Waals surface area (Å²) in [6.07, 6.45) is 1.94. The number of nitrogens with zero attached hydrogens (tertiary/aromatic N) is 1. The van der Waals surface area contributed by atoms with E-state index in [1.807, 2.05) is 0 Å². The van der Waals surface area contributed by atoms with E-state index in [-0.39, 0.29) is 17.9 Å². The Kier molecular flexibility index (Phi) is 9.03. The summed E-state index contributed by atoms with van der Waals surface area (Å²) in [5.41, 5.74) is -0.712. The molecule has 0 bridgehead atoms. The maximum atomic E-state index is 13.7. The molecule has 214 valence electrons. The van der Waals surface area contributed by atoms with Gasteiger partial charge in [-0.2, -0.15) is 0 Å². The van der Waals surface area contributed by atoms with Crippen molar-refractivity contribution < 1.29 is 37.5 Å². The SMILES string of the molecule is COC(=O)N[C@H](C(=O)N1C[C@@H]2CCC[C@@H]2[C@H]1C(=O)N[C@@H](CCC(C)(F)F)C(=O)C(=O)NC1CC1)C(C)(C)C. The number of carbonyl (C=O) groups is 5. The lowest BCUT2D eigenvalue weighted by Crippen LogP contribution is -2.60. The van der Waals surface area contributed by atoms with Gasteiger partial charge in [0.15, 0.2) is 0 Å². The number of nitrogens with one attached hydrogen (secondary N) is 3. The smallest absolute Gasteiger partial charge is 0.407 e. The number of likely N-dealkylation sites (tertiary alicyclic amines) is 1. The van der Waals surface area contributed by atoms with Gasteiger partial charge in [0.05, 0.1) is 13.2 Å². The Hall–Kier alpha value is -2.79. The largest absolute Gasteiger partial charge is 0.453 e. The normalized spacial score (nSPS) is 24.7. The highest BCUT2D eigenvalue weighted by Gasteiger charge is 2.52. The molecule has 0 unspecified atom stereocenters. The Morgan fingerprint density at radius 1 is 1.00 bits per heavy atom. The van der Waals surface area contributed by atoms with Crippen LogP contribution in [0.5, 0.6) is 0 Å². The zero-order valence-corrected chi connectivity index (χ0v) is 22.8. The van der Waals surface area contributed by atoms with Gasteiger partial charge in [-0.15, -0.1) is 0 Å². The highest BCUT2D eigenvalue weighted by atomic mass is 19.3. The maximum Gasteiger partial charge on any atom is 0.407 e. The van der Waals surface area contributed by atoms with Crippen molar-refractivity contribution in [2.75, 3.05) is 13.7 Å². The molecule has 38 heavy (non-hydrogen) atoms. The first-order valence-corrected chi connectivity index (χ1v) is 13.3. The minimum atomic E-state index is -3.10. The molecule has 3 rings (SSSR count). The van der Waals surface area contributed by atoms with Crippen LogP contribution in [0.25, 0.3) is 0 Å². The minimum absolute atomic E-state index is 0.0562. The fourth-order valence-electron chi connectivity index (χ4n) is 5.43. The standard InChI is InChI=1S/C26H40F2N4O6/c1-25(2,3)20(31-24(37)38-5)23(36)32-13-14-7-6-8-16(14)18(32)21(34)30-17(11-12-26(4,27)28)19(33)22(35)29-15-9-10-15/h14-18,20H,6-13H2,1-5H3,(H,29,35)(H,30,34)(H,31,37)/t14-,16-,17-,18-,20+/m0/s1. The van der Waals surface area contributed by atoms with Crippen LogP contribution >= 0.6 is 0 Å². The van der Waals surface area contributed by atoms with E-state index in [0.29, 0.717) is 19.9 Å². The number of alkyl halides is 2. The Bertz CT molecular complexity index is 943. The number of ketones is 1. The van der Waals surface area contributed by atoms with E-state index in [1.54, 1.807) is 20.8 Å². The molecule has 10 nitrogen and oxygen atoms in total. The number of amides is 4. The van der Waals surface area contributed by atoms with Crippen LogP contribution in [0.15, 0.2) is 0 Å². The molecule has 4 amide bonds. The quantitative estimate of drug-likeness (QED) is 0.362. The number of carbonyl (C=O) groups excluding carboxylic acids is 5. The number of ether oxygens (including phenoxy) is 1. The third-order valence-electron chi connectivity index (χ3n) is 7.64. The average molecular weight is 543 g/mol. The number of rotatable bonds is 10. The number of Topliss-reactive ketones (excluding diaryl/α,β-unsaturated/α-hetero) is 1. The Labute approximate surface area is 222 Å². The first-order valence-electron chi connectivity index (χ1n) is 13.3. The van der Waals surface area contributed by atoms with Crippen molar-refractivity contribution >= 4 is 29.6 Å². The Balaban J connectivity index is 1.84. The molecule has 5 atom stereocenters. The molecular weight excluding hydrogens is 502 g/mol. The van der Waals surface area contributed by atoms with Gasteiger partial charge >= 0.3 is 6.09 Å². The van der Waals surface area contributed by atoms with Crippen molar-refractivity contribution in [3.05, 3.63) is 0 Å². The number of hydrogen-bond donors (Lipinski definition) is 3. The third kappa shape index (κ3) is 7.41. The average Bonchev–Trinajstić information content (AvgIpc) is 3.38. The summed E-state index contributed by atoms with van der Waals surface area (Å²) in [7, 11) is 1.19. The van der Waals surface area contributed by atoms with Crippen molar-refractivity contribution in [3.63, 3.8) is 0 Å². The van der Waals surface area contributed by atoms with Gasteiger partial charge in [0.1, 0.15) is 12.1 Å². The molecule has 1 aliphatic heterocycles. The van der Waals surface area contributed by atoms with E-state index in [9.17, 15) is 32.8 Å². The molecule has 0 radical (unpaired) electrons. The molecule has 0 aromatic heterocycles. The van der Waals surface area contributed by atoms with Crippen LogP contribution in [-0.2, 0) is 23.9 Å². The van der Waals surface area contributed by atoms with Crippen molar-refractivity contribution in [2.24, 2.45) is 17.3 Å². The summed E-state index contributed by atoms with van der Waals surface area (Å²) < 4.78 is 32.0. The van der Waals surface area contributed by atoms with E-state index in [1.165, 1.54) is 12.0 Å². The summed E-state index contributed by atoms with van der Waals surface area (Å²) >= 11 is 0. The highest BCUT2D eigenvalue weighted by Crippen LogP contribution is 2.43. The molecule has 0 aromatic rings. The lowest BCUT2D eigenvalue weighted by molar-refractivity contribution is -0.145. The predicted octanol–water partition coefficient (Wildman–Crippen LogP) is 2.15. The first kappa shape index (κ1) is 29.8. The van der Waals surface area contributed by atoms with Crippen molar-refractivity contribution in [3.8, 4) is 0 Å². The van der Waals surface area contributed by atoms with Crippen LogP contribution in [0.4, 0.5) is 13.6 Å². The first-order chi connectivity index (χ1) is 17.6. The monoisotopic (exact) mass is 542 g/mol. The molecule has 2 aliphatic carbocycles. The van der Waals surface area contributed by atoms with E-state index in [0.717, 1.165) is 25.7 Å². The van der Waals surface area contributed by atoms with Gasteiger partial charge < -0.3 is 25.6 Å². The zero-order chi connectivity index (χ0) is 28.4. The molecule has 3 N–H and O–H groups in total. The Morgan fingerprint density at radius 3 is 2.21 bits per heavy atom. The fourth-order valence-corrected chi connectivity index (χ4v) is 5.43. The second-order valence-electron chi connectivity index (χ2n) is 12.0. The van der Waals surface area contributed by atoms with Gasteiger partial charge in [-0.3, -0.25) is 19.2 Å². The summed E-state index contributed by atoms with van der Waals surface area (Å²) in [5.74, 6) is -6.23. The van der Waals surface area contributed by atoms with Crippen LogP contribution in [0.1, 0.15) is 72.6 Å². The fraction of sp³-hybridized carbons (Fsp3) is 0.808.